The highest BCUT2D eigenvalue weighted by Crippen LogP contribution is 2.15. The summed E-state index contributed by atoms with van der Waals surface area (Å²) in [5.74, 6) is -2.58. The molecule has 1 atom stereocenters. The second kappa shape index (κ2) is 6.62. The van der Waals surface area contributed by atoms with Crippen molar-refractivity contribution in [1.82, 2.24) is 5.32 Å². The molecule has 0 saturated heterocycles. The van der Waals surface area contributed by atoms with Gasteiger partial charge in [-0.2, -0.15) is 24.9 Å². The van der Waals surface area contributed by atoms with Crippen LogP contribution in [-0.2, 0) is 14.3 Å². The maximum atomic E-state index is 11.9. The molecule has 8 heteroatoms. The zero-order valence-corrected chi connectivity index (χ0v) is 9.57. The maximum Gasteiger partial charge on any atom is 0.471 e. The lowest BCUT2D eigenvalue weighted by atomic mass is 10.2. The summed E-state index contributed by atoms with van der Waals surface area (Å²) in [6.45, 7) is 0. The number of carbonyl (C=O) groups excluding carboxylic acids is 2. The van der Waals surface area contributed by atoms with Gasteiger partial charge in [0.15, 0.2) is 0 Å². The minimum absolute atomic E-state index is 0.0929. The van der Waals surface area contributed by atoms with E-state index in [-0.39, 0.29) is 6.42 Å². The minimum Gasteiger partial charge on any atom is -0.467 e. The number of hydrogen-bond donors (Lipinski definition) is 1. The predicted octanol–water partition coefficient (Wildman–Crippen LogP) is 0.960. The highest BCUT2D eigenvalue weighted by atomic mass is 32.2. The summed E-state index contributed by atoms with van der Waals surface area (Å²) in [6.07, 6.45) is -3.17. The number of esters is 1. The fraction of sp³-hybridized carbons (Fsp3) is 0.750. The second-order valence-corrected chi connectivity index (χ2v) is 3.81. The summed E-state index contributed by atoms with van der Waals surface area (Å²) >= 11 is 1.35. The molecular weight excluding hydrogens is 247 g/mol. The summed E-state index contributed by atoms with van der Waals surface area (Å²) in [4.78, 5) is 21.7. The van der Waals surface area contributed by atoms with Gasteiger partial charge < -0.3 is 10.1 Å². The van der Waals surface area contributed by atoms with Crippen LogP contribution >= 0.6 is 11.8 Å². The van der Waals surface area contributed by atoms with Crippen LogP contribution in [0, 0.1) is 0 Å². The highest BCUT2D eigenvalue weighted by Gasteiger charge is 2.40. The molecule has 0 fully saturated rings. The van der Waals surface area contributed by atoms with Crippen molar-refractivity contribution in [2.45, 2.75) is 18.6 Å². The van der Waals surface area contributed by atoms with Crippen molar-refractivity contribution in [2.75, 3.05) is 19.1 Å². The van der Waals surface area contributed by atoms with E-state index in [0.717, 1.165) is 7.11 Å². The van der Waals surface area contributed by atoms with E-state index in [9.17, 15) is 22.8 Å². The van der Waals surface area contributed by atoms with E-state index in [2.05, 4.69) is 4.74 Å². The Bertz CT molecular complexity index is 257. The summed E-state index contributed by atoms with van der Waals surface area (Å²) in [5, 5.41) is 1.59. The molecule has 0 bridgehead atoms. The van der Waals surface area contributed by atoms with Gasteiger partial charge in [-0.3, -0.25) is 4.79 Å². The second-order valence-electron chi connectivity index (χ2n) is 2.83. The molecule has 0 spiro atoms. The third-order valence-corrected chi connectivity index (χ3v) is 2.30. The Morgan fingerprint density at radius 2 is 2.00 bits per heavy atom. The van der Waals surface area contributed by atoms with Crippen LogP contribution in [-0.4, -0.2) is 43.2 Å². The molecule has 0 aliphatic heterocycles. The molecule has 0 aromatic heterocycles. The number of hydrogen-bond acceptors (Lipinski definition) is 4. The maximum absolute atomic E-state index is 11.9. The Morgan fingerprint density at radius 3 is 2.38 bits per heavy atom. The van der Waals surface area contributed by atoms with Crippen molar-refractivity contribution in [3.05, 3.63) is 0 Å². The van der Waals surface area contributed by atoms with Gasteiger partial charge in [-0.15, -0.1) is 0 Å². The Hall–Kier alpha value is -0.920. The van der Waals surface area contributed by atoms with E-state index in [4.69, 9.17) is 0 Å². The van der Waals surface area contributed by atoms with Gasteiger partial charge in [0.05, 0.1) is 7.11 Å². The lowest BCUT2D eigenvalue weighted by Crippen LogP contribution is -2.47. The van der Waals surface area contributed by atoms with E-state index >= 15 is 0 Å². The predicted molar refractivity (Wildman–Crippen MR) is 53.0 cm³/mol. The number of methoxy groups -OCH3 is 1. The first-order chi connectivity index (χ1) is 7.32. The third-order valence-electron chi connectivity index (χ3n) is 1.66. The Kier molecular flexibility index (Phi) is 6.24. The first-order valence-electron chi connectivity index (χ1n) is 4.27. The molecule has 16 heavy (non-hydrogen) atoms. The van der Waals surface area contributed by atoms with Crippen LogP contribution in [0.3, 0.4) is 0 Å². The quantitative estimate of drug-likeness (QED) is 0.747. The van der Waals surface area contributed by atoms with Crippen LogP contribution in [0.4, 0.5) is 13.2 Å². The van der Waals surface area contributed by atoms with Gasteiger partial charge in [-0.1, -0.05) is 0 Å². The van der Waals surface area contributed by atoms with Crippen LogP contribution in [0.15, 0.2) is 0 Å². The minimum atomic E-state index is -4.99. The van der Waals surface area contributed by atoms with Crippen LogP contribution in [0.1, 0.15) is 6.42 Å². The van der Waals surface area contributed by atoms with Crippen molar-refractivity contribution in [3.63, 3.8) is 0 Å². The molecule has 0 unspecified atom stereocenters. The van der Waals surface area contributed by atoms with Gasteiger partial charge in [-0.05, 0) is 18.4 Å². The average Bonchev–Trinajstić information content (AvgIpc) is 2.21. The Labute approximate surface area is 94.9 Å². The number of amides is 1. The summed E-state index contributed by atoms with van der Waals surface area (Å²) in [6, 6.07) is -1.26. The van der Waals surface area contributed by atoms with E-state index in [1.165, 1.54) is 11.8 Å². The number of nitrogens with one attached hydrogen (secondary N) is 1. The van der Waals surface area contributed by atoms with Gasteiger partial charge in [0, 0.05) is 0 Å². The van der Waals surface area contributed by atoms with Crippen molar-refractivity contribution < 1.29 is 27.5 Å². The lowest BCUT2D eigenvalue weighted by molar-refractivity contribution is -0.175. The molecule has 4 nitrogen and oxygen atoms in total. The van der Waals surface area contributed by atoms with Crippen LogP contribution in [0.2, 0.25) is 0 Å². The van der Waals surface area contributed by atoms with Crippen molar-refractivity contribution in [1.29, 1.82) is 0 Å². The summed E-state index contributed by atoms with van der Waals surface area (Å²) < 4.78 is 40.1. The van der Waals surface area contributed by atoms with E-state index in [1.807, 2.05) is 0 Å². The number of ether oxygens (including phenoxy) is 1. The molecule has 0 aromatic carbocycles. The lowest BCUT2D eigenvalue weighted by Gasteiger charge is -2.16. The smallest absolute Gasteiger partial charge is 0.467 e. The molecule has 0 heterocycles. The van der Waals surface area contributed by atoms with E-state index < -0.39 is 24.1 Å². The van der Waals surface area contributed by atoms with Gasteiger partial charge in [0.25, 0.3) is 0 Å². The number of halogens is 3. The van der Waals surface area contributed by atoms with Crippen LogP contribution < -0.4 is 5.32 Å². The van der Waals surface area contributed by atoms with Gasteiger partial charge in [-0.25, -0.2) is 4.79 Å². The largest absolute Gasteiger partial charge is 0.471 e. The SMILES string of the molecule is COC(=O)[C@H](CCSC)NC(=O)C(F)(F)F. The normalized spacial score (nSPS) is 13.1. The van der Waals surface area contributed by atoms with Crippen molar-refractivity contribution in [3.8, 4) is 0 Å². The molecule has 0 rings (SSSR count). The number of carbonyl (C=O) groups is 2. The molecule has 1 N–H and O–H groups in total. The topological polar surface area (TPSA) is 55.4 Å². The number of thioether (sulfide) groups is 1. The highest BCUT2D eigenvalue weighted by molar-refractivity contribution is 7.98. The fourth-order valence-electron chi connectivity index (χ4n) is 0.867. The first-order valence-corrected chi connectivity index (χ1v) is 5.66. The Balaban J connectivity index is 4.42. The molecule has 0 saturated carbocycles. The van der Waals surface area contributed by atoms with E-state index in [1.54, 1.807) is 11.6 Å². The summed E-state index contributed by atoms with van der Waals surface area (Å²) in [5.41, 5.74) is 0. The zero-order chi connectivity index (χ0) is 12.8. The monoisotopic (exact) mass is 259 g/mol. The van der Waals surface area contributed by atoms with Crippen LogP contribution in [0.5, 0.6) is 0 Å². The number of alkyl halides is 3. The molecule has 0 aliphatic carbocycles. The first kappa shape index (κ1) is 15.1. The molecular formula is C8H12F3NO3S. The van der Waals surface area contributed by atoms with Gasteiger partial charge in [0.2, 0.25) is 0 Å². The summed E-state index contributed by atoms with van der Waals surface area (Å²) in [7, 11) is 1.05. The fourth-order valence-corrected chi connectivity index (χ4v) is 1.34. The molecule has 0 aromatic rings. The van der Waals surface area contributed by atoms with Crippen molar-refractivity contribution >= 4 is 23.6 Å². The zero-order valence-electron chi connectivity index (χ0n) is 8.76. The van der Waals surface area contributed by atoms with Crippen LogP contribution in [0.25, 0.3) is 0 Å². The molecule has 0 aliphatic rings. The Morgan fingerprint density at radius 1 is 1.44 bits per heavy atom. The standard InChI is InChI=1S/C8H12F3NO3S/c1-15-6(13)5(3-4-16-2)12-7(14)8(9,10)11/h5H,3-4H2,1-2H3,(H,12,14)/t5-/m0/s1. The van der Waals surface area contributed by atoms with Crippen molar-refractivity contribution in [2.24, 2.45) is 0 Å². The molecule has 1 amide bonds. The number of rotatable bonds is 5. The molecule has 94 valence electrons. The average molecular weight is 259 g/mol. The molecule has 0 radical (unpaired) electrons. The van der Waals surface area contributed by atoms with Gasteiger partial charge >= 0.3 is 18.1 Å². The van der Waals surface area contributed by atoms with Gasteiger partial charge in [0.1, 0.15) is 6.04 Å². The third kappa shape index (κ3) is 5.24. The van der Waals surface area contributed by atoms with E-state index in [0.29, 0.717) is 5.75 Å².